The van der Waals surface area contributed by atoms with E-state index in [9.17, 15) is 0 Å². The van der Waals surface area contributed by atoms with Crippen molar-refractivity contribution in [2.24, 2.45) is 0 Å². The summed E-state index contributed by atoms with van der Waals surface area (Å²) in [6.07, 6.45) is 7.50. The highest BCUT2D eigenvalue weighted by atomic mass is 35.5. The first kappa shape index (κ1) is 11.2. The summed E-state index contributed by atoms with van der Waals surface area (Å²) >= 11 is 7.65. The number of likely N-dealkylation sites (N-methyl/N-ethyl adjacent to an activating group) is 1. The molecule has 15 heavy (non-hydrogen) atoms. The number of nitrogens with one attached hydrogen (secondary N) is 1. The molecule has 0 aromatic carbocycles. The highest BCUT2D eigenvalue weighted by molar-refractivity contribution is 7.16. The second-order valence-corrected chi connectivity index (χ2v) is 5.64. The summed E-state index contributed by atoms with van der Waals surface area (Å²) in [7, 11) is 2.02. The van der Waals surface area contributed by atoms with Gasteiger partial charge >= 0.3 is 0 Å². The quantitative estimate of drug-likeness (QED) is 0.784. The molecule has 0 amide bonds. The molecule has 82 valence electrons. The molecule has 2 rings (SSSR count). The predicted octanol–water partition coefficient (Wildman–Crippen LogP) is 4.16. The van der Waals surface area contributed by atoms with Crippen LogP contribution in [-0.2, 0) is 0 Å². The normalized spacial score (nSPS) is 18.7. The zero-order chi connectivity index (χ0) is 10.7. The van der Waals surface area contributed by atoms with Crippen molar-refractivity contribution >= 4 is 22.9 Å². The van der Waals surface area contributed by atoms with Crippen LogP contribution in [0.15, 0.2) is 23.8 Å². The molecule has 3 heteroatoms. The number of allylic oxidation sites excluding steroid dienone is 1. The number of hydrogen-bond acceptors (Lipinski definition) is 2. The average molecular weight is 242 g/mol. The lowest BCUT2D eigenvalue weighted by molar-refractivity contribution is 0.599. The molecule has 0 fully saturated rings. The van der Waals surface area contributed by atoms with Gasteiger partial charge < -0.3 is 5.32 Å². The Morgan fingerprint density at radius 3 is 2.80 bits per heavy atom. The fourth-order valence-electron chi connectivity index (χ4n) is 2.12. The van der Waals surface area contributed by atoms with E-state index in [-0.39, 0.29) is 0 Å². The van der Waals surface area contributed by atoms with Gasteiger partial charge in [0.1, 0.15) is 0 Å². The summed E-state index contributed by atoms with van der Waals surface area (Å²) in [5, 5.41) is 3.38. The molecular weight excluding hydrogens is 226 g/mol. The first-order valence-corrected chi connectivity index (χ1v) is 6.62. The van der Waals surface area contributed by atoms with Crippen LogP contribution in [-0.4, -0.2) is 7.05 Å². The van der Waals surface area contributed by atoms with Gasteiger partial charge in [0.2, 0.25) is 0 Å². The monoisotopic (exact) mass is 241 g/mol. The molecular formula is C12H16ClNS. The number of thiophene rings is 1. The SMILES string of the molecule is CNC(C1=CCCCC1)c1ccc(Cl)s1. The number of halogens is 1. The van der Waals surface area contributed by atoms with Gasteiger partial charge in [-0.05, 0) is 44.9 Å². The van der Waals surface area contributed by atoms with Crippen molar-refractivity contribution in [1.29, 1.82) is 0 Å². The standard InChI is InChI=1S/C12H16ClNS/c1-14-12(9-5-3-2-4-6-9)10-7-8-11(13)15-10/h5,7-8,12,14H,2-4,6H2,1H3. The van der Waals surface area contributed by atoms with Gasteiger partial charge in [0.05, 0.1) is 10.4 Å². The van der Waals surface area contributed by atoms with Gasteiger partial charge in [0, 0.05) is 4.88 Å². The maximum Gasteiger partial charge on any atom is 0.0931 e. The van der Waals surface area contributed by atoms with Gasteiger partial charge in [0.15, 0.2) is 0 Å². The van der Waals surface area contributed by atoms with E-state index < -0.39 is 0 Å². The van der Waals surface area contributed by atoms with E-state index in [1.54, 1.807) is 11.3 Å². The Bertz CT molecular complexity index is 356. The lowest BCUT2D eigenvalue weighted by Crippen LogP contribution is -2.18. The molecule has 1 aromatic heterocycles. The average Bonchev–Trinajstić information content (AvgIpc) is 2.68. The number of rotatable bonds is 3. The predicted molar refractivity (Wildman–Crippen MR) is 67.7 cm³/mol. The van der Waals surface area contributed by atoms with Crippen LogP contribution in [0.4, 0.5) is 0 Å². The summed E-state index contributed by atoms with van der Waals surface area (Å²) < 4.78 is 0.877. The molecule has 1 N–H and O–H groups in total. The molecule has 1 aromatic rings. The van der Waals surface area contributed by atoms with E-state index in [1.165, 1.54) is 36.1 Å². The van der Waals surface area contributed by atoms with Gasteiger partial charge in [0.25, 0.3) is 0 Å². The highest BCUT2D eigenvalue weighted by Gasteiger charge is 2.17. The lowest BCUT2D eigenvalue weighted by Gasteiger charge is -2.21. The Kier molecular flexibility index (Phi) is 3.84. The third kappa shape index (κ3) is 2.63. The largest absolute Gasteiger partial charge is 0.309 e. The van der Waals surface area contributed by atoms with Gasteiger partial charge in [-0.1, -0.05) is 23.3 Å². The Labute approximate surface area is 100 Å². The molecule has 0 bridgehead atoms. The third-order valence-corrected chi connectivity index (χ3v) is 4.16. The maximum atomic E-state index is 5.97. The lowest BCUT2D eigenvalue weighted by atomic mass is 9.93. The van der Waals surface area contributed by atoms with Crippen molar-refractivity contribution in [3.8, 4) is 0 Å². The van der Waals surface area contributed by atoms with E-state index in [0.717, 1.165) is 4.34 Å². The van der Waals surface area contributed by atoms with E-state index in [2.05, 4.69) is 17.5 Å². The van der Waals surface area contributed by atoms with Crippen LogP contribution >= 0.6 is 22.9 Å². The molecule has 0 aliphatic heterocycles. The third-order valence-electron chi connectivity index (χ3n) is 2.86. The second-order valence-electron chi connectivity index (χ2n) is 3.89. The molecule has 1 aliphatic rings. The summed E-state index contributed by atoms with van der Waals surface area (Å²) in [6.45, 7) is 0. The number of hydrogen-bond donors (Lipinski definition) is 1. The summed E-state index contributed by atoms with van der Waals surface area (Å²) in [5.41, 5.74) is 1.53. The molecule has 1 aliphatic carbocycles. The van der Waals surface area contributed by atoms with E-state index in [0.29, 0.717) is 6.04 Å². The minimum Gasteiger partial charge on any atom is -0.309 e. The van der Waals surface area contributed by atoms with Crippen molar-refractivity contribution in [1.82, 2.24) is 5.32 Å². The molecule has 1 atom stereocenters. The Hall–Kier alpha value is -0.310. The Balaban J connectivity index is 2.19. The highest BCUT2D eigenvalue weighted by Crippen LogP contribution is 2.34. The zero-order valence-electron chi connectivity index (χ0n) is 8.92. The van der Waals surface area contributed by atoms with Gasteiger partial charge in [-0.15, -0.1) is 11.3 Å². The smallest absolute Gasteiger partial charge is 0.0931 e. The molecule has 1 nitrogen and oxygen atoms in total. The van der Waals surface area contributed by atoms with E-state index >= 15 is 0 Å². The zero-order valence-corrected chi connectivity index (χ0v) is 10.5. The molecule has 0 spiro atoms. The van der Waals surface area contributed by atoms with Gasteiger partial charge in [-0.25, -0.2) is 0 Å². The van der Waals surface area contributed by atoms with Crippen molar-refractivity contribution in [3.63, 3.8) is 0 Å². The molecule has 1 unspecified atom stereocenters. The second kappa shape index (κ2) is 5.15. The Morgan fingerprint density at radius 2 is 2.27 bits per heavy atom. The van der Waals surface area contributed by atoms with Crippen LogP contribution in [0.1, 0.15) is 36.6 Å². The maximum absolute atomic E-state index is 5.97. The fourth-order valence-corrected chi connectivity index (χ4v) is 3.33. The minimum atomic E-state index is 0.378. The van der Waals surface area contributed by atoms with E-state index in [4.69, 9.17) is 11.6 Å². The summed E-state index contributed by atoms with van der Waals surface area (Å²) in [4.78, 5) is 1.33. The summed E-state index contributed by atoms with van der Waals surface area (Å²) in [6, 6.07) is 4.49. The van der Waals surface area contributed by atoms with Crippen LogP contribution in [0.3, 0.4) is 0 Å². The van der Waals surface area contributed by atoms with Crippen molar-refractivity contribution in [2.45, 2.75) is 31.7 Å². The van der Waals surface area contributed by atoms with Crippen molar-refractivity contribution in [2.75, 3.05) is 7.05 Å². The minimum absolute atomic E-state index is 0.378. The fraction of sp³-hybridized carbons (Fsp3) is 0.500. The molecule has 1 heterocycles. The van der Waals surface area contributed by atoms with E-state index in [1.807, 2.05) is 13.1 Å². The van der Waals surface area contributed by atoms with Gasteiger partial charge in [-0.3, -0.25) is 0 Å². The Morgan fingerprint density at radius 1 is 1.40 bits per heavy atom. The topological polar surface area (TPSA) is 12.0 Å². The van der Waals surface area contributed by atoms with Crippen molar-refractivity contribution < 1.29 is 0 Å². The van der Waals surface area contributed by atoms with Crippen LogP contribution in [0.5, 0.6) is 0 Å². The van der Waals surface area contributed by atoms with Gasteiger partial charge in [-0.2, -0.15) is 0 Å². The van der Waals surface area contributed by atoms with Crippen LogP contribution in [0.25, 0.3) is 0 Å². The first-order chi connectivity index (χ1) is 7.31. The molecule has 0 saturated heterocycles. The van der Waals surface area contributed by atoms with Crippen LogP contribution in [0, 0.1) is 0 Å². The van der Waals surface area contributed by atoms with Crippen molar-refractivity contribution in [3.05, 3.63) is 33.0 Å². The molecule has 0 radical (unpaired) electrons. The van der Waals surface area contributed by atoms with Crippen LogP contribution < -0.4 is 5.32 Å². The van der Waals surface area contributed by atoms with Crippen LogP contribution in [0.2, 0.25) is 4.34 Å². The molecule has 0 saturated carbocycles. The first-order valence-electron chi connectivity index (χ1n) is 5.42. The summed E-state index contributed by atoms with van der Waals surface area (Å²) in [5.74, 6) is 0.